The fourth-order valence-electron chi connectivity index (χ4n) is 1.35. The number of nitrogens with zero attached hydrogens (tertiary/aromatic N) is 1. The molecule has 0 aromatic heterocycles. The van der Waals surface area contributed by atoms with Gasteiger partial charge >= 0.3 is 0 Å². The number of rotatable bonds is 5. The van der Waals surface area contributed by atoms with Crippen LogP contribution >= 0.6 is 23.2 Å². The number of amides is 3. The van der Waals surface area contributed by atoms with Crippen LogP contribution in [0.3, 0.4) is 0 Å². The minimum Gasteiger partial charge on any atom is -0.325 e. The second kappa shape index (κ2) is 8.15. The maximum Gasteiger partial charge on any atom is 0.272 e. The van der Waals surface area contributed by atoms with Crippen molar-refractivity contribution < 1.29 is 19.3 Å². The zero-order valence-electron chi connectivity index (χ0n) is 10.9. The van der Waals surface area contributed by atoms with E-state index in [4.69, 9.17) is 23.2 Å². The number of nitro benzene ring substituents is 1. The molecule has 0 unspecified atom stereocenters. The van der Waals surface area contributed by atoms with Gasteiger partial charge in [-0.1, -0.05) is 0 Å². The molecule has 0 atom stereocenters. The molecular formula is C11H10Cl2N4O5. The summed E-state index contributed by atoms with van der Waals surface area (Å²) >= 11 is 10.6. The van der Waals surface area contributed by atoms with Crippen LogP contribution in [0.2, 0.25) is 0 Å². The summed E-state index contributed by atoms with van der Waals surface area (Å²) in [6.45, 7) is 0. The molecule has 1 aromatic rings. The number of non-ortho nitro benzene ring substituents is 1. The highest BCUT2D eigenvalue weighted by atomic mass is 35.5. The Kier molecular flexibility index (Phi) is 6.54. The van der Waals surface area contributed by atoms with Gasteiger partial charge in [0.2, 0.25) is 5.91 Å². The number of carbonyl (C=O) groups excluding carboxylic acids is 3. The first-order valence-electron chi connectivity index (χ1n) is 5.67. The Morgan fingerprint density at radius 1 is 1.05 bits per heavy atom. The standard InChI is InChI=1S/C11H10Cl2N4O5/c12-4-9(18)14-7-1-6(2-8(3-7)17(21)22)11(20)16-15-10(19)5-13/h1-3H,4-5H2,(H,14,18)(H,15,19)(H,16,20). The van der Waals surface area contributed by atoms with Crippen LogP contribution in [0, 0.1) is 10.1 Å². The van der Waals surface area contributed by atoms with Crippen LogP contribution in [0.15, 0.2) is 18.2 Å². The van der Waals surface area contributed by atoms with Gasteiger partial charge in [0.15, 0.2) is 0 Å². The van der Waals surface area contributed by atoms with Crippen molar-refractivity contribution in [1.29, 1.82) is 0 Å². The summed E-state index contributed by atoms with van der Waals surface area (Å²) in [6, 6.07) is 3.25. The molecule has 9 nitrogen and oxygen atoms in total. The number of anilines is 1. The first-order chi connectivity index (χ1) is 10.4. The van der Waals surface area contributed by atoms with E-state index in [-0.39, 0.29) is 23.0 Å². The summed E-state index contributed by atoms with van der Waals surface area (Å²) in [7, 11) is 0. The minimum absolute atomic E-state index is 0.0219. The summed E-state index contributed by atoms with van der Waals surface area (Å²) in [5, 5.41) is 13.1. The lowest BCUT2D eigenvalue weighted by Gasteiger charge is -2.08. The molecule has 1 aromatic carbocycles. The predicted octanol–water partition coefficient (Wildman–Crippen LogP) is 0.772. The molecule has 3 amide bonds. The van der Waals surface area contributed by atoms with E-state index in [1.165, 1.54) is 6.07 Å². The number of nitro groups is 1. The Morgan fingerprint density at radius 3 is 2.23 bits per heavy atom. The van der Waals surface area contributed by atoms with Gasteiger partial charge in [-0.25, -0.2) is 0 Å². The number of hydrogen-bond acceptors (Lipinski definition) is 5. The molecule has 0 aliphatic heterocycles. The molecule has 0 radical (unpaired) electrons. The van der Waals surface area contributed by atoms with Gasteiger partial charge in [0, 0.05) is 23.4 Å². The van der Waals surface area contributed by atoms with E-state index in [1.54, 1.807) is 0 Å². The minimum atomic E-state index is -0.816. The Bertz CT molecular complexity index is 623. The van der Waals surface area contributed by atoms with E-state index in [0.717, 1.165) is 12.1 Å². The van der Waals surface area contributed by atoms with E-state index in [0.29, 0.717) is 0 Å². The highest BCUT2D eigenvalue weighted by molar-refractivity contribution is 6.29. The number of alkyl halides is 2. The number of carbonyl (C=O) groups is 3. The van der Waals surface area contributed by atoms with Crippen molar-refractivity contribution in [3.05, 3.63) is 33.9 Å². The lowest BCUT2D eigenvalue weighted by Crippen LogP contribution is -2.42. The maximum atomic E-state index is 11.8. The number of halogens is 2. The molecule has 0 aliphatic carbocycles. The summed E-state index contributed by atoms with van der Waals surface area (Å²) in [5.74, 6) is -2.79. The van der Waals surface area contributed by atoms with Crippen LogP contribution in [0.25, 0.3) is 0 Å². The fraction of sp³-hybridized carbons (Fsp3) is 0.182. The molecular weight excluding hydrogens is 339 g/mol. The van der Waals surface area contributed by atoms with Gasteiger partial charge in [0.1, 0.15) is 11.8 Å². The van der Waals surface area contributed by atoms with Gasteiger partial charge in [0.05, 0.1) is 4.92 Å². The van der Waals surface area contributed by atoms with E-state index >= 15 is 0 Å². The van der Waals surface area contributed by atoms with Crippen molar-refractivity contribution in [1.82, 2.24) is 10.9 Å². The SMILES string of the molecule is O=C(CCl)NNC(=O)c1cc(NC(=O)CCl)cc([N+](=O)[O-])c1. The van der Waals surface area contributed by atoms with Crippen LogP contribution in [0.5, 0.6) is 0 Å². The van der Waals surface area contributed by atoms with Gasteiger partial charge in [-0.05, 0) is 6.07 Å². The molecule has 0 saturated carbocycles. The zero-order chi connectivity index (χ0) is 16.7. The first kappa shape index (κ1) is 17.7. The summed E-state index contributed by atoms with van der Waals surface area (Å²) in [4.78, 5) is 44.1. The van der Waals surface area contributed by atoms with Gasteiger partial charge in [-0.3, -0.25) is 35.3 Å². The molecule has 22 heavy (non-hydrogen) atoms. The summed E-state index contributed by atoms with van der Waals surface area (Å²) < 4.78 is 0. The molecule has 0 spiro atoms. The van der Waals surface area contributed by atoms with E-state index in [2.05, 4.69) is 5.32 Å². The normalized spacial score (nSPS) is 9.73. The van der Waals surface area contributed by atoms with Gasteiger partial charge in [-0.15, -0.1) is 23.2 Å². The van der Waals surface area contributed by atoms with E-state index in [1.807, 2.05) is 10.9 Å². The average Bonchev–Trinajstić information content (AvgIpc) is 2.51. The third-order valence-corrected chi connectivity index (χ3v) is 2.72. The molecule has 0 saturated heterocycles. The first-order valence-corrected chi connectivity index (χ1v) is 6.74. The topological polar surface area (TPSA) is 130 Å². The third kappa shape index (κ3) is 5.19. The van der Waals surface area contributed by atoms with Crippen LogP contribution in [0.1, 0.15) is 10.4 Å². The van der Waals surface area contributed by atoms with Crippen LogP contribution in [-0.4, -0.2) is 34.4 Å². The fourth-order valence-corrected chi connectivity index (χ4v) is 1.48. The van der Waals surface area contributed by atoms with Crippen molar-refractivity contribution in [2.45, 2.75) is 0 Å². The molecule has 0 heterocycles. The maximum absolute atomic E-state index is 11.8. The predicted molar refractivity (Wildman–Crippen MR) is 78.8 cm³/mol. The lowest BCUT2D eigenvalue weighted by molar-refractivity contribution is -0.384. The van der Waals surface area contributed by atoms with Crippen molar-refractivity contribution in [2.24, 2.45) is 0 Å². The van der Waals surface area contributed by atoms with Crippen molar-refractivity contribution in [3.8, 4) is 0 Å². The Balaban J connectivity index is 3.01. The quantitative estimate of drug-likeness (QED) is 0.411. The lowest BCUT2D eigenvalue weighted by atomic mass is 10.1. The van der Waals surface area contributed by atoms with Crippen molar-refractivity contribution in [2.75, 3.05) is 17.1 Å². The Hall–Kier alpha value is -2.39. The highest BCUT2D eigenvalue weighted by Gasteiger charge is 2.16. The van der Waals surface area contributed by atoms with Crippen LogP contribution in [-0.2, 0) is 9.59 Å². The Morgan fingerprint density at radius 2 is 1.68 bits per heavy atom. The molecule has 11 heteroatoms. The molecule has 118 valence electrons. The smallest absolute Gasteiger partial charge is 0.272 e. The molecule has 0 aliphatic rings. The van der Waals surface area contributed by atoms with Crippen LogP contribution < -0.4 is 16.2 Å². The van der Waals surface area contributed by atoms with Gasteiger partial charge < -0.3 is 5.32 Å². The molecule has 3 N–H and O–H groups in total. The van der Waals surface area contributed by atoms with Crippen molar-refractivity contribution >= 4 is 52.3 Å². The number of nitrogens with one attached hydrogen (secondary N) is 3. The largest absolute Gasteiger partial charge is 0.325 e. The second-order valence-corrected chi connectivity index (χ2v) is 4.38. The second-order valence-electron chi connectivity index (χ2n) is 3.84. The summed E-state index contributed by atoms with van der Waals surface area (Å²) in [6.07, 6.45) is 0. The third-order valence-electron chi connectivity index (χ3n) is 2.23. The van der Waals surface area contributed by atoms with Crippen LogP contribution in [0.4, 0.5) is 11.4 Å². The highest BCUT2D eigenvalue weighted by Crippen LogP contribution is 2.21. The average molecular weight is 349 g/mol. The van der Waals surface area contributed by atoms with E-state index in [9.17, 15) is 24.5 Å². The Labute approximate surface area is 134 Å². The van der Waals surface area contributed by atoms with Crippen molar-refractivity contribution in [3.63, 3.8) is 0 Å². The zero-order valence-corrected chi connectivity index (χ0v) is 12.4. The van der Waals surface area contributed by atoms with E-state index < -0.39 is 28.3 Å². The number of benzene rings is 1. The monoisotopic (exact) mass is 348 g/mol. The molecule has 0 fully saturated rings. The molecule has 0 bridgehead atoms. The van der Waals surface area contributed by atoms with Gasteiger partial charge in [-0.2, -0.15) is 0 Å². The summed E-state index contributed by atoms with van der Waals surface area (Å²) in [5.41, 5.74) is 3.49. The number of hydrogen-bond donors (Lipinski definition) is 3. The number of hydrazine groups is 1. The van der Waals surface area contributed by atoms with Gasteiger partial charge in [0.25, 0.3) is 17.5 Å². The molecule has 1 rings (SSSR count).